The summed E-state index contributed by atoms with van der Waals surface area (Å²) in [5.41, 5.74) is 0.865. The normalized spacial score (nSPS) is 15.4. The van der Waals surface area contributed by atoms with Crippen LogP contribution in [0.25, 0.3) is 0 Å². The van der Waals surface area contributed by atoms with E-state index in [4.69, 9.17) is 23.2 Å². The average Bonchev–Trinajstić information content (AvgIpc) is 2.18. The first kappa shape index (κ1) is 15.8. The molecule has 0 saturated carbocycles. The molecule has 0 aliphatic rings. The molecule has 3 nitrogen and oxygen atoms in total. The first-order chi connectivity index (χ1) is 8.19. The third kappa shape index (κ3) is 5.14. The van der Waals surface area contributed by atoms with Crippen LogP contribution in [0.2, 0.25) is 10.0 Å². The lowest BCUT2D eigenvalue weighted by Crippen LogP contribution is -2.34. The van der Waals surface area contributed by atoms with Gasteiger partial charge in [0.05, 0.1) is 5.75 Å². The van der Waals surface area contributed by atoms with Gasteiger partial charge in [0.15, 0.2) is 0 Å². The van der Waals surface area contributed by atoms with Gasteiger partial charge in [-0.15, -0.1) is 0 Å². The van der Waals surface area contributed by atoms with Crippen LogP contribution in [0.5, 0.6) is 0 Å². The predicted molar refractivity (Wildman–Crippen MR) is 77.2 cm³/mol. The maximum atomic E-state index is 11.2. The number of benzene rings is 1. The third-order valence-corrected chi connectivity index (χ3v) is 4.20. The largest absolute Gasteiger partial charge is 0.307 e. The Labute approximate surface area is 118 Å². The second-order valence-electron chi connectivity index (χ2n) is 4.55. The summed E-state index contributed by atoms with van der Waals surface area (Å²) in [5, 5.41) is 4.43. The van der Waals surface area contributed by atoms with E-state index in [1.807, 2.05) is 13.8 Å². The van der Waals surface area contributed by atoms with E-state index in [1.54, 1.807) is 18.2 Å². The standard InChI is InChI=1S/C12H17Cl2NO2S/c1-8(7-18(3,16)17)15-9(2)11-6-10(13)4-5-12(11)14/h4-6,8-9,15H,7H2,1-3H3. The minimum absolute atomic E-state index is 0.0621. The van der Waals surface area contributed by atoms with E-state index in [0.29, 0.717) is 10.0 Å². The van der Waals surface area contributed by atoms with Crippen molar-refractivity contribution in [1.82, 2.24) is 5.32 Å². The third-order valence-electron chi connectivity index (χ3n) is 2.51. The summed E-state index contributed by atoms with van der Waals surface area (Å²) in [6, 6.07) is 5.03. The van der Waals surface area contributed by atoms with Gasteiger partial charge in [0.25, 0.3) is 0 Å². The molecule has 1 aromatic carbocycles. The maximum absolute atomic E-state index is 11.2. The van der Waals surface area contributed by atoms with Crippen LogP contribution in [0.15, 0.2) is 18.2 Å². The van der Waals surface area contributed by atoms with E-state index in [1.165, 1.54) is 6.26 Å². The number of hydrogen-bond acceptors (Lipinski definition) is 3. The zero-order chi connectivity index (χ0) is 13.9. The Morgan fingerprint density at radius 3 is 2.44 bits per heavy atom. The van der Waals surface area contributed by atoms with Gasteiger partial charge >= 0.3 is 0 Å². The van der Waals surface area contributed by atoms with Crippen LogP contribution in [0.1, 0.15) is 25.5 Å². The summed E-state index contributed by atoms with van der Waals surface area (Å²) in [6.07, 6.45) is 1.22. The Balaban J connectivity index is 2.76. The highest BCUT2D eigenvalue weighted by Crippen LogP contribution is 2.26. The Bertz CT molecular complexity index is 517. The van der Waals surface area contributed by atoms with Gasteiger partial charge in [-0.2, -0.15) is 0 Å². The van der Waals surface area contributed by atoms with Crippen molar-refractivity contribution in [2.24, 2.45) is 0 Å². The van der Waals surface area contributed by atoms with Gasteiger partial charge in [-0.1, -0.05) is 23.2 Å². The van der Waals surface area contributed by atoms with Crippen LogP contribution in [-0.4, -0.2) is 26.5 Å². The Kier molecular flexibility index (Phi) is 5.46. The lowest BCUT2D eigenvalue weighted by Gasteiger charge is -2.20. The Hall–Kier alpha value is -0.290. The molecule has 0 saturated heterocycles. The molecule has 2 atom stereocenters. The molecule has 0 aliphatic heterocycles. The monoisotopic (exact) mass is 309 g/mol. The van der Waals surface area contributed by atoms with Gasteiger partial charge in [0.2, 0.25) is 0 Å². The zero-order valence-corrected chi connectivity index (χ0v) is 12.9. The highest BCUT2D eigenvalue weighted by Gasteiger charge is 2.16. The number of sulfone groups is 1. The van der Waals surface area contributed by atoms with Crippen LogP contribution in [-0.2, 0) is 9.84 Å². The molecule has 0 aromatic heterocycles. The van der Waals surface area contributed by atoms with Crippen molar-refractivity contribution < 1.29 is 8.42 Å². The molecule has 6 heteroatoms. The van der Waals surface area contributed by atoms with Gasteiger partial charge in [-0.05, 0) is 37.6 Å². The van der Waals surface area contributed by atoms with E-state index in [0.717, 1.165) is 5.56 Å². The van der Waals surface area contributed by atoms with Crippen LogP contribution >= 0.6 is 23.2 Å². The Morgan fingerprint density at radius 2 is 1.89 bits per heavy atom. The quantitative estimate of drug-likeness (QED) is 0.909. The lowest BCUT2D eigenvalue weighted by atomic mass is 10.1. The van der Waals surface area contributed by atoms with Crippen molar-refractivity contribution in [3.05, 3.63) is 33.8 Å². The molecule has 0 heterocycles. The van der Waals surface area contributed by atoms with Gasteiger partial charge < -0.3 is 5.32 Å². The molecule has 0 fully saturated rings. The molecule has 0 bridgehead atoms. The average molecular weight is 310 g/mol. The summed E-state index contributed by atoms with van der Waals surface area (Å²) >= 11 is 12.0. The molecule has 1 N–H and O–H groups in total. The van der Waals surface area contributed by atoms with Crippen LogP contribution < -0.4 is 5.32 Å². The van der Waals surface area contributed by atoms with E-state index in [-0.39, 0.29) is 17.8 Å². The molecule has 0 radical (unpaired) electrons. The maximum Gasteiger partial charge on any atom is 0.148 e. The fourth-order valence-corrected chi connectivity index (χ4v) is 3.33. The van der Waals surface area contributed by atoms with Crippen molar-refractivity contribution in [2.75, 3.05) is 12.0 Å². The van der Waals surface area contributed by atoms with E-state index >= 15 is 0 Å². The molecule has 0 aliphatic carbocycles. The summed E-state index contributed by atoms with van der Waals surface area (Å²) in [5.74, 6) is 0.0928. The highest BCUT2D eigenvalue weighted by atomic mass is 35.5. The molecule has 2 unspecified atom stereocenters. The fourth-order valence-electron chi connectivity index (χ4n) is 1.87. The molecule has 1 rings (SSSR count). The number of halogens is 2. The van der Waals surface area contributed by atoms with Crippen molar-refractivity contribution in [2.45, 2.75) is 25.9 Å². The first-order valence-electron chi connectivity index (χ1n) is 5.58. The molecule has 18 heavy (non-hydrogen) atoms. The van der Waals surface area contributed by atoms with Crippen molar-refractivity contribution in [1.29, 1.82) is 0 Å². The topological polar surface area (TPSA) is 46.2 Å². The minimum Gasteiger partial charge on any atom is -0.307 e. The summed E-state index contributed by atoms with van der Waals surface area (Å²) in [4.78, 5) is 0. The molecule has 1 aromatic rings. The molecule has 0 amide bonds. The van der Waals surface area contributed by atoms with Crippen molar-refractivity contribution >= 4 is 33.0 Å². The smallest absolute Gasteiger partial charge is 0.148 e. The first-order valence-corrected chi connectivity index (χ1v) is 8.39. The summed E-state index contributed by atoms with van der Waals surface area (Å²) < 4.78 is 22.4. The SMILES string of the molecule is CC(CS(C)(=O)=O)NC(C)c1cc(Cl)ccc1Cl. The number of nitrogens with one attached hydrogen (secondary N) is 1. The van der Waals surface area contributed by atoms with Crippen LogP contribution in [0, 0.1) is 0 Å². The van der Waals surface area contributed by atoms with E-state index in [9.17, 15) is 8.42 Å². The molecule has 102 valence electrons. The molecular weight excluding hydrogens is 293 g/mol. The molecule has 0 spiro atoms. The summed E-state index contributed by atoms with van der Waals surface area (Å²) in [7, 11) is -2.99. The van der Waals surface area contributed by atoms with E-state index in [2.05, 4.69) is 5.32 Å². The van der Waals surface area contributed by atoms with Crippen LogP contribution in [0.3, 0.4) is 0 Å². The van der Waals surface area contributed by atoms with Gasteiger partial charge in [-0.25, -0.2) is 8.42 Å². The lowest BCUT2D eigenvalue weighted by molar-refractivity contribution is 0.501. The fraction of sp³-hybridized carbons (Fsp3) is 0.500. The van der Waals surface area contributed by atoms with Crippen LogP contribution in [0.4, 0.5) is 0 Å². The predicted octanol–water partition coefficient (Wildman–Crippen LogP) is 3.08. The second-order valence-corrected chi connectivity index (χ2v) is 7.58. The van der Waals surface area contributed by atoms with Gasteiger partial charge in [-0.3, -0.25) is 0 Å². The number of rotatable bonds is 5. The summed E-state index contributed by atoms with van der Waals surface area (Å²) in [6.45, 7) is 3.76. The second kappa shape index (κ2) is 6.24. The van der Waals surface area contributed by atoms with Gasteiger partial charge in [0.1, 0.15) is 9.84 Å². The van der Waals surface area contributed by atoms with Gasteiger partial charge in [0, 0.05) is 28.4 Å². The Morgan fingerprint density at radius 1 is 1.28 bits per heavy atom. The number of hydrogen-bond donors (Lipinski definition) is 1. The van der Waals surface area contributed by atoms with Crippen molar-refractivity contribution in [3.8, 4) is 0 Å². The van der Waals surface area contributed by atoms with E-state index < -0.39 is 9.84 Å². The van der Waals surface area contributed by atoms with Crippen molar-refractivity contribution in [3.63, 3.8) is 0 Å². The zero-order valence-electron chi connectivity index (χ0n) is 10.6. The molecular formula is C12H17Cl2NO2S. The minimum atomic E-state index is -2.99. The highest BCUT2D eigenvalue weighted by molar-refractivity contribution is 7.90.